The lowest BCUT2D eigenvalue weighted by molar-refractivity contribution is 0.0736. The number of benzene rings is 1. The molecule has 1 atom stereocenters. The van der Waals surface area contributed by atoms with E-state index in [2.05, 4.69) is 15.9 Å². The van der Waals surface area contributed by atoms with E-state index < -0.39 is 5.82 Å². The highest BCUT2D eigenvalue weighted by molar-refractivity contribution is 9.10. The van der Waals surface area contributed by atoms with Gasteiger partial charge in [0.25, 0.3) is 5.91 Å². The highest BCUT2D eigenvalue weighted by atomic mass is 79.9. The summed E-state index contributed by atoms with van der Waals surface area (Å²) in [5, 5.41) is 0. The number of hydrogen-bond donors (Lipinski definition) is 0. The molecular formula is C12H15BrFNO. The number of hydrogen-bond acceptors (Lipinski definition) is 1. The Hall–Kier alpha value is -0.900. The highest BCUT2D eigenvalue weighted by Crippen LogP contribution is 2.18. The molecule has 0 saturated heterocycles. The molecule has 4 heteroatoms. The van der Waals surface area contributed by atoms with Crippen molar-refractivity contribution in [3.63, 3.8) is 0 Å². The number of amides is 1. The normalized spacial score (nSPS) is 12.3. The van der Waals surface area contributed by atoms with Gasteiger partial charge in [0.2, 0.25) is 0 Å². The fourth-order valence-electron chi connectivity index (χ4n) is 1.33. The van der Waals surface area contributed by atoms with Crippen LogP contribution in [-0.2, 0) is 0 Å². The minimum Gasteiger partial charge on any atom is -0.339 e. The van der Waals surface area contributed by atoms with Gasteiger partial charge in [-0.25, -0.2) is 4.39 Å². The van der Waals surface area contributed by atoms with Crippen molar-refractivity contribution in [2.45, 2.75) is 26.3 Å². The van der Waals surface area contributed by atoms with Crippen molar-refractivity contribution < 1.29 is 9.18 Å². The Morgan fingerprint density at radius 2 is 2.19 bits per heavy atom. The highest BCUT2D eigenvalue weighted by Gasteiger charge is 2.19. The predicted molar refractivity (Wildman–Crippen MR) is 65.9 cm³/mol. The summed E-state index contributed by atoms with van der Waals surface area (Å²) in [6.07, 6.45) is 0.845. The Bertz CT molecular complexity index is 395. The van der Waals surface area contributed by atoms with Crippen LogP contribution in [0.15, 0.2) is 22.7 Å². The van der Waals surface area contributed by atoms with Gasteiger partial charge < -0.3 is 4.90 Å². The Kier molecular flexibility index (Phi) is 4.47. The van der Waals surface area contributed by atoms with E-state index in [1.54, 1.807) is 18.0 Å². The Balaban J connectivity index is 3.00. The van der Waals surface area contributed by atoms with Crippen LogP contribution in [0.2, 0.25) is 0 Å². The van der Waals surface area contributed by atoms with Gasteiger partial charge in [0.1, 0.15) is 5.82 Å². The van der Waals surface area contributed by atoms with Gasteiger partial charge in [-0.05, 0) is 31.5 Å². The fourth-order valence-corrected chi connectivity index (χ4v) is 1.69. The van der Waals surface area contributed by atoms with Gasteiger partial charge in [0, 0.05) is 17.6 Å². The molecule has 0 saturated carbocycles. The molecule has 0 aromatic heterocycles. The molecule has 0 radical (unpaired) electrons. The zero-order valence-corrected chi connectivity index (χ0v) is 11.2. The number of nitrogens with zero attached hydrogens (tertiary/aromatic N) is 1. The first kappa shape index (κ1) is 13.2. The number of halogens is 2. The molecule has 1 aromatic carbocycles. The molecule has 2 nitrogen and oxygen atoms in total. The van der Waals surface area contributed by atoms with Crippen molar-refractivity contribution in [1.82, 2.24) is 4.90 Å². The van der Waals surface area contributed by atoms with Crippen molar-refractivity contribution in [2.24, 2.45) is 0 Å². The largest absolute Gasteiger partial charge is 0.339 e. The van der Waals surface area contributed by atoms with Gasteiger partial charge in [0.05, 0.1) is 5.56 Å². The lowest BCUT2D eigenvalue weighted by Crippen LogP contribution is -2.35. The van der Waals surface area contributed by atoms with Gasteiger partial charge in [0.15, 0.2) is 0 Å². The second kappa shape index (κ2) is 5.43. The molecule has 0 N–H and O–H groups in total. The Morgan fingerprint density at radius 1 is 1.56 bits per heavy atom. The van der Waals surface area contributed by atoms with Gasteiger partial charge >= 0.3 is 0 Å². The average Bonchev–Trinajstić information content (AvgIpc) is 2.29. The standard InChI is InChI=1S/C12H15BrFNO/c1-4-8(2)15(3)12(16)10-7-9(13)5-6-11(10)14/h5-8H,4H2,1-3H3. The molecule has 0 fully saturated rings. The molecule has 1 amide bonds. The molecule has 16 heavy (non-hydrogen) atoms. The van der Waals surface area contributed by atoms with Crippen molar-refractivity contribution in [1.29, 1.82) is 0 Å². The molecule has 0 aliphatic rings. The van der Waals surface area contributed by atoms with Gasteiger partial charge in [-0.2, -0.15) is 0 Å². The van der Waals surface area contributed by atoms with Crippen LogP contribution < -0.4 is 0 Å². The van der Waals surface area contributed by atoms with E-state index in [-0.39, 0.29) is 17.5 Å². The quantitative estimate of drug-likeness (QED) is 0.834. The van der Waals surface area contributed by atoms with E-state index in [0.717, 1.165) is 6.42 Å². The second-order valence-electron chi connectivity index (χ2n) is 3.80. The maximum atomic E-state index is 13.5. The molecule has 1 rings (SSSR count). The lowest BCUT2D eigenvalue weighted by Gasteiger charge is -2.24. The van der Waals surface area contributed by atoms with E-state index in [1.165, 1.54) is 12.1 Å². The molecule has 1 unspecified atom stereocenters. The molecule has 0 heterocycles. The maximum absolute atomic E-state index is 13.5. The van der Waals surface area contributed by atoms with E-state index in [4.69, 9.17) is 0 Å². The summed E-state index contributed by atoms with van der Waals surface area (Å²) in [5.74, 6) is -0.767. The smallest absolute Gasteiger partial charge is 0.256 e. The first-order valence-corrected chi connectivity index (χ1v) is 5.98. The SMILES string of the molecule is CCC(C)N(C)C(=O)c1cc(Br)ccc1F. The van der Waals surface area contributed by atoms with Crippen LogP contribution in [0.4, 0.5) is 4.39 Å². The maximum Gasteiger partial charge on any atom is 0.256 e. The Morgan fingerprint density at radius 3 is 2.75 bits per heavy atom. The van der Waals surface area contributed by atoms with Gasteiger partial charge in [-0.15, -0.1) is 0 Å². The van der Waals surface area contributed by atoms with Crippen molar-refractivity contribution >= 4 is 21.8 Å². The zero-order chi connectivity index (χ0) is 12.3. The third kappa shape index (κ3) is 2.82. The summed E-state index contributed by atoms with van der Waals surface area (Å²) in [5.41, 5.74) is 0.108. The summed E-state index contributed by atoms with van der Waals surface area (Å²) >= 11 is 3.23. The minimum absolute atomic E-state index is 0.103. The van der Waals surface area contributed by atoms with E-state index >= 15 is 0 Å². The van der Waals surface area contributed by atoms with E-state index in [0.29, 0.717) is 4.47 Å². The minimum atomic E-state index is -0.483. The first-order chi connectivity index (χ1) is 7.47. The summed E-state index contributed by atoms with van der Waals surface area (Å²) < 4.78 is 14.2. The lowest BCUT2D eigenvalue weighted by atomic mass is 10.1. The zero-order valence-electron chi connectivity index (χ0n) is 9.63. The van der Waals surface area contributed by atoms with E-state index in [1.807, 2.05) is 13.8 Å². The van der Waals surface area contributed by atoms with Crippen molar-refractivity contribution in [2.75, 3.05) is 7.05 Å². The first-order valence-electron chi connectivity index (χ1n) is 5.19. The predicted octanol–water partition coefficient (Wildman–Crippen LogP) is 3.46. The number of rotatable bonds is 3. The summed E-state index contributed by atoms with van der Waals surface area (Å²) in [7, 11) is 1.69. The van der Waals surface area contributed by atoms with Crippen LogP contribution in [0.5, 0.6) is 0 Å². The summed E-state index contributed by atoms with van der Waals surface area (Å²) in [6, 6.07) is 4.49. The number of carbonyl (C=O) groups is 1. The third-order valence-corrected chi connectivity index (χ3v) is 3.22. The van der Waals surface area contributed by atoms with Crippen LogP contribution in [-0.4, -0.2) is 23.9 Å². The van der Waals surface area contributed by atoms with Gasteiger partial charge in [-0.1, -0.05) is 22.9 Å². The van der Waals surface area contributed by atoms with E-state index in [9.17, 15) is 9.18 Å². The molecular weight excluding hydrogens is 273 g/mol. The molecule has 88 valence electrons. The number of carbonyl (C=O) groups excluding carboxylic acids is 1. The molecule has 0 spiro atoms. The van der Waals surface area contributed by atoms with Crippen molar-refractivity contribution in [3.8, 4) is 0 Å². The fraction of sp³-hybridized carbons (Fsp3) is 0.417. The van der Waals surface area contributed by atoms with Crippen LogP contribution in [0.1, 0.15) is 30.6 Å². The summed E-state index contributed by atoms with van der Waals surface area (Å²) in [4.78, 5) is 13.5. The van der Waals surface area contributed by atoms with Crippen molar-refractivity contribution in [3.05, 3.63) is 34.1 Å². The monoisotopic (exact) mass is 287 g/mol. The molecule has 0 bridgehead atoms. The second-order valence-corrected chi connectivity index (χ2v) is 4.71. The third-order valence-electron chi connectivity index (χ3n) is 2.73. The molecule has 1 aromatic rings. The Labute approximate surface area is 104 Å². The van der Waals surface area contributed by atoms with Crippen LogP contribution in [0, 0.1) is 5.82 Å². The molecule has 0 aliphatic carbocycles. The average molecular weight is 288 g/mol. The van der Waals surface area contributed by atoms with Crippen LogP contribution in [0.25, 0.3) is 0 Å². The molecule has 0 aliphatic heterocycles. The van der Waals surface area contributed by atoms with Gasteiger partial charge in [-0.3, -0.25) is 4.79 Å². The summed E-state index contributed by atoms with van der Waals surface area (Å²) in [6.45, 7) is 3.93. The van der Waals surface area contributed by atoms with Crippen LogP contribution >= 0.6 is 15.9 Å². The topological polar surface area (TPSA) is 20.3 Å². The van der Waals surface area contributed by atoms with Crippen LogP contribution in [0.3, 0.4) is 0 Å².